The third-order valence-electron chi connectivity index (χ3n) is 5.05. The molecule has 1 unspecified atom stereocenters. The van der Waals surface area contributed by atoms with E-state index in [1.54, 1.807) is 12.1 Å². The van der Waals surface area contributed by atoms with Gasteiger partial charge in [-0.25, -0.2) is 9.78 Å². The molecule has 0 saturated carbocycles. The molecule has 2 aromatic carbocycles. The Labute approximate surface area is 146 Å². The number of carboxylic acid groups (broad SMARTS) is 1. The highest BCUT2D eigenvalue weighted by Gasteiger charge is 2.25. The number of carbonyl (C=O) groups is 1. The fraction of sp³-hybridized carbons (Fsp3) is 0.238. The first-order valence-corrected chi connectivity index (χ1v) is 8.56. The van der Waals surface area contributed by atoms with Crippen molar-refractivity contribution in [1.82, 2.24) is 4.98 Å². The molecule has 1 atom stereocenters. The van der Waals surface area contributed by atoms with Crippen molar-refractivity contribution in [2.45, 2.75) is 19.3 Å². The zero-order chi connectivity index (χ0) is 17.4. The van der Waals surface area contributed by atoms with E-state index < -0.39 is 5.97 Å². The maximum atomic E-state index is 11.0. The maximum Gasteiger partial charge on any atom is 0.335 e. The monoisotopic (exact) mass is 332 g/mol. The van der Waals surface area contributed by atoms with E-state index in [9.17, 15) is 4.79 Å². The summed E-state index contributed by atoms with van der Waals surface area (Å²) in [6.45, 7) is 4.01. The van der Waals surface area contributed by atoms with E-state index in [1.807, 2.05) is 24.3 Å². The average Bonchev–Trinajstić information content (AvgIpc) is 3.12. The molecule has 1 aliphatic rings. The molecule has 0 spiro atoms. The second-order valence-electron chi connectivity index (χ2n) is 6.67. The predicted molar refractivity (Wildman–Crippen MR) is 99.5 cm³/mol. The molecule has 0 bridgehead atoms. The minimum atomic E-state index is -0.879. The van der Waals surface area contributed by atoms with Crippen LogP contribution in [0.15, 0.2) is 54.6 Å². The van der Waals surface area contributed by atoms with Crippen molar-refractivity contribution < 1.29 is 9.90 Å². The van der Waals surface area contributed by atoms with Crippen LogP contribution < -0.4 is 4.90 Å². The number of fused-ring (bicyclic) bond motifs is 1. The zero-order valence-electron chi connectivity index (χ0n) is 14.1. The van der Waals surface area contributed by atoms with Crippen molar-refractivity contribution in [2.75, 3.05) is 18.0 Å². The van der Waals surface area contributed by atoms with Gasteiger partial charge >= 0.3 is 5.97 Å². The second-order valence-corrected chi connectivity index (χ2v) is 6.67. The molecule has 0 aliphatic carbocycles. The van der Waals surface area contributed by atoms with Gasteiger partial charge in [-0.3, -0.25) is 0 Å². The normalized spacial score (nSPS) is 17.2. The Morgan fingerprint density at radius 3 is 2.68 bits per heavy atom. The number of aryl methyl sites for hydroxylation is 1. The SMILES string of the molecule is Cc1cc(N2CCC(c3ccc(C(=O)O)cc3)C2)nc2ccccc12. The van der Waals surface area contributed by atoms with Gasteiger partial charge in [0.2, 0.25) is 0 Å². The molecule has 4 heteroatoms. The van der Waals surface area contributed by atoms with Crippen LogP contribution in [0.2, 0.25) is 0 Å². The van der Waals surface area contributed by atoms with Crippen molar-refractivity contribution in [3.63, 3.8) is 0 Å². The minimum Gasteiger partial charge on any atom is -0.478 e. The number of aromatic nitrogens is 1. The standard InChI is InChI=1S/C21H20N2O2/c1-14-12-20(22-19-5-3-2-4-18(14)19)23-11-10-17(13-23)15-6-8-16(9-7-15)21(24)25/h2-9,12,17H,10-11,13H2,1H3,(H,24,25). The lowest BCUT2D eigenvalue weighted by Crippen LogP contribution is -2.20. The number of hydrogen-bond acceptors (Lipinski definition) is 3. The van der Waals surface area contributed by atoms with Gasteiger partial charge in [-0.05, 0) is 48.7 Å². The zero-order valence-corrected chi connectivity index (χ0v) is 14.1. The topological polar surface area (TPSA) is 53.4 Å². The van der Waals surface area contributed by atoms with Crippen LogP contribution in [-0.4, -0.2) is 29.1 Å². The Balaban J connectivity index is 1.57. The molecule has 1 N–H and O–H groups in total. The number of carboxylic acids is 1. The number of nitrogens with zero attached hydrogens (tertiary/aromatic N) is 2. The number of anilines is 1. The van der Waals surface area contributed by atoms with Gasteiger partial charge < -0.3 is 10.0 Å². The van der Waals surface area contributed by atoms with Crippen molar-refractivity contribution in [3.05, 3.63) is 71.3 Å². The summed E-state index contributed by atoms with van der Waals surface area (Å²) in [6.07, 6.45) is 1.06. The number of benzene rings is 2. The fourth-order valence-electron chi connectivity index (χ4n) is 3.63. The summed E-state index contributed by atoms with van der Waals surface area (Å²) < 4.78 is 0. The van der Waals surface area contributed by atoms with E-state index in [0.717, 1.165) is 30.8 Å². The molecule has 0 amide bonds. The van der Waals surface area contributed by atoms with Gasteiger partial charge in [-0.2, -0.15) is 0 Å². The molecule has 1 aliphatic heterocycles. The molecule has 0 radical (unpaired) electrons. The lowest BCUT2D eigenvalue weighted by Gasteiger charge is -2.19. The molecule has 4 rings (SSSR count). The first-order valence-electron chi connectivity index (χ1n) is 8.56. The molecule has 1 fully saturated rings. The highest BCUT2D eigenvalue weighted by Crippen LogP contribution is 2.31. The summed E-state index contributed by atoms with van der Waals surface area (Å²) in [7, 11) is 0. The summed E-state index contributed by atoms with van der Waals surface area (Å²) in [5.74, 6) is 0.563. The number of hydrogen-bond donors (Lipinski definition) is 1. The Bertz CT molecular complexity index is 934. The molecule has 2 heterocycles. The molecule has 25 heavy (non-hydrogen) atoms. The van der Waals surface area contributed by atoms with Gasteiger partial charge in [0.15, 0.2) is 0 Å². The Morgan fingerprint density at radius 2 is 1.92 bits per heavy atom. The van der Waals surface area contributed by atoms with Gasteiger partial charge in [-0.1, -0.05) is 30.3 Å². The molecule has 1 saturated heterocycles. The van der Waals surface area contributed by atoms with Gasteiger partial charge in [0.1, 0.15) is 5.82 Å². The van der Waals surface area contributed by atoms with Crippen LogP contribution in [0.4, 0.5) is 5.82 Å². The highest BCUT2D eigenvalue weighted by atomic mass is 16.4. The summed E-state index contributed by atoms with van der Waals surface area (Å²) in [5, 5.41) is 10.2. The fourth-order valence-corrected chi connectivity index (χ4v) is 3.63. The Morgan fingerprint density at radius 1 is 1.16 bits per heavy atom. The van der Waals surface area contributed by atoms with Gasteiger partial charge in [0.05, 0.1) is 11.1 Å². The molecular formula is C21H20N2O2. The van der Waals surface area contributed by atoms with Crippen LogP contribution in [0, 0.1) is 6.92 Å². The second kappa shape index (κ2) is 6.20. The molecule has 126 valence electrons. The van der Waals surface area contributed by atoms with Crippen LogP contribution in [0.25, 0.3) is 10.9 Å². The average molecular weight is 332 g/mol. The van der Waals surface area contributed by atoms with Crippen molar-refractivity contribution in [1.29, 1.82) is 0 Å². The third-order valence-corrected chi connectivity index (χ3v) is 5.05. The highest BCUT2D eigenvalue weighted by molar-refractivity contribution is 5.87. The minimum absolute atomic E-state index is 0.338. The molecule has 4 nitrogen and oxygen atoms in total. The summed E-state index contributed by atoms with van der Waals surface area (Å²) in [5.41, 5.74) is 3.82. The van der Waals surface area contributed by atoms with Crippen molar-refractivity contribution in [2.24, 2.45) is 0 Å². The quantitative estimate of drug-likeness (QED) is 0.779. The largest absolute Gasteiger partial charge is 0.478 e. The van der Waals surface area contributed by atoms with Crippen molar-refractivity contribution >= 4 is 22.7 Å². The van der Waals surface area contributed by atoms with Gasteiger partial charge in [0, 0.05) is 24.4 Å². The van der Waals surface area contributed by atoms with Crippen molar-refractivity contribution in [3.8, 4) is 0 Å². The first kappa shape index (κ1) is 15.6. The van der Waals surface area contributed by atoms with E-state index in [1.165, 1.54) is 16.5 Å². The van der Waals surface area contributed by atoms with Gasteiger partial charge in [0.25, 0.3) is 0 Å². The van der Waals surface area contributed by atoms with E-state index in [0.29, 0.717) is 11.5 Å². The maximum absolute atomic E-state index is 11.0. The van der Waals surface area contributed by atoms with E-state index in [-0.39, 0.29) is 0 Å². The Kier molecular flexibility index (Phi) is 3.88. The lowest BCUT2D eigenvalue weighted by atomic mass is 9.97. The summed E-state index contributed by atoms with van der Waals surface area (Å²) in [4.78, 5) is 18.2. The van der Waals surface area contributed by atoms with Crippen LogP contribution >= 0.6 is 0 Å². The third kappa shape index (κ3) is 2.95. The van der Waals surface area contributed by atoms with Crippen LogP contribution in [0.3, 0.4) is 0 Å². The number of rotatable bonds is 3. The lowest BCUT2D eigenvalue weighted by molar-refractivity contribution is 0.0697. The van der Waals surface area contributed by atoms with E-state index in [2.05, 4.69) is 30.0 Å². The van der Waals surface area contributed by atoms with Gasteiger partial charge in [-0.15, -0.1) is 0 Å². The van der Waals surface area contributed by atoms with Crippen LogP contribution in [-0.2, 0) is 0 Å². The molecule has 3 aromatic rings. The molecule has 1 aromatic heterocycles. The predicted octanol–water partition coefficient (Wildman–Crippen LogP) is 4.24. The molecular weight excluding hydrogens is 312 g/mol. The van der Waals surface area contributed by atoms with E-state index >= 15 is 0 Å². The first-order chi connectivity index (χ1) is 12.1. The van der Waals surface area contributed by atoms with Crippen LogP contribution in [0.5, 0.6) is 0 Å². The summed E-state index contributed by atoms with van der Waals surface area (Å²) in [6, 6.07) is 17.7. The number of para-hydroxylation sites is 1. The summed E-state index contributed by atoms with van der Waals surface area (Å²) >= 11 is 0. The number of pyridine rings is 1. The smallest absolute Gasteiger partial charge is 0.335 e. The van der Waals surface area contributed by atoms with Crippen LogP contribution in [0.1, 0.15) is 33.8 Å². The van der Waals surface area contributed by atoms with E-state index in [4.69, 9.17) is 10.1 Å². The number of aromatic carboxylic acids is 1. The Hall–Kier alpha value is -2.88.